The quantitative estimate of drug-likeness (QED) is 0.276. The molecule has 2 amide bonds. The molecule has 0 bridgehead atoms. The number of hydrogen-bond acceptors (Lipinski definition) is 6. The number of carbonyl (C=O) groups excluding carboxylic acids is 2. The predicted octanol–water partition coefficient (Wildman–Crippen LogP) is 4.65. The van der Waals surface area contributed by atoms with Gasteiger partial charge in [0, 0.05) is 23.4 Å². The van der Waals surface area contributed by atoms with E-state index in [4.69, 9.17) is 16.3 Å². The first-order chi connectivity index (χ1) is 16.2. The molecular formula is C24H21ClN4O5. The molecule has 3 aromatic rings. The molecule has 3 aromatic carbocycles. The van der Waals surface area contributed by atoms with Crippen LogP contribution in [0.1, 0.15) is 27.0 Å². The van der Waals surface area contributed by atoms with Crippen molar-refractivity contribution in [2.45, 2.75) is 13.8 Å². The number of rotatable bonds is 8. The van der Waals surface area contributed by atoms with E-state index in [1.54, 1.807) is 18.2 Å². The highest BCUT2D eigenvalue weighted by Crippen LogP contribution is 2.25. The molecule has 0 saturated heterocycles. The Hall–Kier alpha value is -4.24. The maximum absolute atomic E-state index is 12.2. The van der Waals surface area contributed by atoms with Gasteiger partial charge in [0.25, 0.3) is 17.5 Å². The van der Waals surface area contributed by atoms with Crippen molar-refractivity contribution in [3.05, 3.63) is 98.1 Å². The summed E-state index contributed by atoms with van der Waals surface area (Å²) >= 11 is 6.23. The molecule has 9 nitrogen and oxygen atoms in total. The van der Waals surface area contributed by atoms with Gasteiger partial charge in [0.1, 0.15) is 5.75 Å². The van der Waals surface area contributed by atoms with Crippen LogP contribution in [0.15, 0.2) is 65.8 Å². The van der Waals surface area contributed by atoms with Crippen LogP contribution in [-0.2, 0) is 4.79 Å². The van der Waals surface area contributed by atoms with E-state index >= 15 is 0 Å². The Morgan fingerprint density at radius 2 is 1.88 bits per heavy atom. The summed E-state index contributed by atoms with van der Waals surface area (Å²) in [5.41, 5.74) is 5.66. The van der Waals surface area contributed by atoms with Gasteiger partial charge in [-0.2, -0.15) is 5.10 Å². The van der Waals surface area contributed by atoms with Crippen LogP contribution in [0.5, 0.6) is 5.75 Å². The smallest absolute Gasteiger partial charge is 0.271 e. The first-order valence-electron chi connectivity index (χ1n) is 10.1. The number of ether oxygens (including phenoxy) is 1. The van der Waals surface area contributed by atoms with Crippen molar-refractivity contribution >= 4 is 41.0 Å². The normalized spacial score (nSPS) is 10.7. The van der Waals surface area contributed by atoms with E-state index in [0.717, 1.165) is 17.2 Å². The fourth-order valence-electron chi connectivity index (χ4n) is 2.86. The molecule has 3 rings (SSSR count). The Labute approximate surface area is 200 Å². The third kappa shape index (κ3) is 6.63. The summed E-state index contributed by atoms with van der Waals surface area (Å²) in [5.74, 6) is -0.607. The lowest BCUT2D eigenvalue weighted by atomic mass is 10.1. The van der Waals surface area contributed by atoms with Gasteiger partial charge in [-0.25, -0.2) is 5.43 Å². The number of nitro groups is 1. The van der Waals surface area contributed by atoms with Gasteiger partial charge in [0.05, 0.1) is 16.2 Å². The topological polar surface area (TPSA) is 123 Å². The summed E-state index contributed by atoms with van der Waals surface area (Å²) in [6.07, 6.45) is 1.36. The van der Waals surface area contributed by atoms with E-state index in [-0.39, 0.29) is 28.8 Å². The molecule has 0 aliphatic rings. The van der Waals surface area contributed by atoms with Crippen molar-refractivity contribution in [1.29, 1.82) is 0 Å². The highest BCUT2D eigenvalue weighted by molar-refractivity contribution is 6.32. The minimum Gasteiger partial charge on any atom is -0.482 e. The average molecular weight is 481 g/mol. The van der Waals surface area contributed by atoms with Crippen molar-refractivity contribution < 1.29 is 19.2 Å². The number of nitrogens with one attached hydrogen (secondary N) is 2. The number of anilines is 1. The molecule has 0 atom stereocenters. The van der Waals surface area contributed by atoms with Crippen LogP contribution in [0.3, 0.4) is 0 Å². The fourth-order valence-corrected chi connectivity index (χ4v) is 3.11. The average Bonchev–Trinajstić information content (AvgIpc) is 2.81. The Balaban J connectivity index is 1.54. The van der Waals surface area contributed by atoms with Crippen molar-refractivity contribution in [3.8, 4) is 5.75 Å². The van der Waals surface area contributed by atoms with E-state index in [0.29, 0.717) is 17.0 Å². The van der Waals surface area contributed by atoms with Gasteiger partial charge < -0.3 is 10.1 Å². The van der Waals surface area contributed by atoms with E-state index in [1.807, 2.05) is 32.0 Å². The molecule has 0 heterocycles. The minimum atomic E-state index is -0.596. The maximum Gasteiger partial charge on any atom is 0.271 e. The number of nitro benzene ring substituents is 1. The monoisotopic (exact) mass is 480 g/mol. The zero-order chi connectivity index (χ0) is 24.7. The maximum atomic E-state index is 12.2. The third-order valence-electron chi connectivity index (χ3n) is 4.80. The van der Waals surface area contributed by atoms with Crippen molar-refractivity contribution in [1.82, 2.24) is 5.43 Å². The fraction of sp³-hybridized carbons (Fsp3) is 0.125. The van der Waals surface area contributed by atoms with Gasteiger partial charge in [0.2, 0.25) is 0 Å². The summed E-state index contributed by atoms with van der Waals surface area (Å²) in [6, 6.07) is 15.7. The molecule has 0 aliphatic carbocycles. The van der Waals surface area contributed by atoms with Gasteiger partial charge in [-0.1, -0.05) is 23.7 Å². The standard InChI is InChI=1S/C24H21ClN4O5/c1-15-6-8-19(10-16(15)2)27-23(30)14-34-22-9-7-17(11-21(22)25)13-26-28-24(31)18-4-3-5-20(12-18)29(32)33/h3-13H,14H2,1-2H3,(H,27,30)(H,28,31)/b26-13+. The number of non-ortho nitro benzene ring substituents is 1. The van der Waals surface area contributed by atoms with Gasteiger partial charge in [-0.15, -0.1) is 0 Å². The molecule has 0 unspecified atom stereocenters. The van der Waals surface area contributed by atoms with Gasteiger partial charge in [-0.05, 0) is 66.9 Å². The Bertz CT molecular complexity index is 1280. The van der Waals surface area contributed by atoms with Gasteiger partial charge in [0.15, 0.2) is 6.61 Å². The van der Waals surface area contributed by atoms with E-state index in [1.165, 1.54) is 24.4 Å². The second kappa shape index (κ2) is 11.1. The second-order valence-corrected chi connectivity index (χ2v) is 7.74. The lowest BCUT2D eigenvalue weighted by Gasteiger charge is -2.10. The van der Waals surface area contributed by atoms with E-state index in [9.17, 15) is 19.7 Å². The molecule has 10 heteroatoms. The lowest BCUT2D eigenvalue weighted by Crippen LogP contribution is -2.20. The largest absolute Gasteiger partial charge is 0.482 e. The number of halogens is 1. The zero-order valence-electron chi connectivity index (χ0n) is 18.4. The van der Waals surface area contributed by atoms with Gasteiger partial charge in [-0.3, -0.25) is 19.7 Å². The Morgan fingerprint density at radius 3 is 2.59 bits per heavy atom. The summed E-state index contributed by atoms with van der Waals surface area (Å²) < 4.78 is 5.50. The van der Waals surface area contributed by atoms with Crippen LogP contribution < -0.4 is 15.5 Å². The van der Waals surface area contributed by atoms with Crippen LogP contribution >= 0.6 is 11.6 Å². The molecule has 174 valence electrons. The van der Waals surface area contributed by atoms with Crippen molar-refractivity contribution in [2.24, 2.45) is 5.10 Å². The molecule has 0 aromatic heterocycles. The Kier molecular flexibility index (Phi) is 7.94. The molecular weight excluding hydrogens is 460 g/mol. The summed E-state index contributed by atoms with van der Waals surface area (Å²) in [4.78, 5) is 34.5. The van der Waals surface area contributed by atoms with Crippen LogP contribution in [0, 0.1) is 24.0 Å². The molecule has 0 saturated carbocycles. The van der Waals surface area contributed by atoms with Crippen LogP contribution in [-0.4, -0.2) is 29.6 Å². The molecule has 0 radical (unpaired) electrons. The van der Waals surface area contributed by atoms with Crippen molar-refractivity contribution in [3.63, 3.8) is 0 Å². The van der Waals surface area contributed by atoms with Crippen LogP contribution in [0.4, 0.5) is 11.4 Å². The molecule has 0 spiro atoms. The summed E-state index contributed by atoms with van der Waals surface area (Å²) in [7, 11) is 0. The van der Waals surface area contributed by atoms with E-state index in [2.05, 4.69) is 15.8 Å². The number of aryl methyl sites for hydroxylation is 2. The Morgan fingerprint density at radius 1 is 1.09 bits per heavy atom. The van der Waals surface area contributed by atoms with Crippen molar-refractivity contribution in [2.75, 3.05) is 11.9 Å². The van der Waals surface area contributed by atoms with E-state index < -0.39 is 10.8 Å². The highest BCUT2D eigenvalue weighted by atomic mass is 35.5. The minimum absolute atomic E-state index is 0.104. The second-order valence-electron chi connectivity index (χ2n) is 7.33. The summed E-state index contributed by atoms with van der Waals surface area (Å²) in [5, 5.41) is 17.7. The number of amides is 2. The third-order valence-corrected chi connectivity index (χ3v) is 5.10. The first kappa shape index (κ1) is 24.4. The van der Waals surface area contributed by atoms with Crippen LogP contribution in [0.2, 0.25) is 5.02 Å². The molecule has 0 aliphatic heterocycles. The molecule has 34 heavy (non-hydrogen) atoms. The lowest BCUT2D eigenvalue weighted by molar-refractivity contribution is -0.384. The van der Waals surface area contributed by atoms with Crippen LogP contribution in [0.25, 0.3) is 0 Å². The number of nitrogens with zero attached hydrogens (tertiary/aromatic N) is 2. The molecule has 0 fully saturated rings. The number of hydrogen-bond donors (Lipinski definition) is 2. The predicted molar refractivity (Wildman–Crippen MR) is 130 cm³/mol. The number of benzene rings is 3. The summed E-state index contributed by atoms with van der Waals surface area (Å²) in [6.45, 7) is 3.73. The van der Waals surface area contributed by atoms with Gasteiger partial charge >= 0.3 is 0 Å². The first-order valence-corrected chi connectivity index (χ1v) is 10.5. The number of hydrazone groups is 1. The molecule has 2 N–H and O–H groups in total. The SMILES string of the molecule is Cc1ccc(NC(=O)COc2ccc(/C=N/NC(=O)c3cccc([N+](=O)[O-])c3)cc2Cl)cc1C. The highest BCUT2D eigenvalue weighted by Gasteiger charge is 2.11. The number of carbonyl (C=O) groups is 2. The zero-order valence-corrected chi connectivity index (χ0v) is 19.1.